The van der Waals surface area contributed by atoms with Crippen LogP contribution in [0.4, 0.5) is 0 Å². The third-order valence-electron chi connectivity index (χ3n) is 6.70. The molecule has 0 fully saturated rings. The van der Waals surface area contributed by atoms with Crippen LogP contribution in [0.3, 0.4) is 0 Å². The first kappa shape index (κ1) is 22.2. The Labute approximate surface area is 199 Å². The predicted molar refractivity (Wildman–Crippen MR) is 128 cm³/mol. The largest absolute Gasteiger partial charge is 0.496 e. The Morgan fingerprint density at radius 1 is 0.882 bits per heavy atom. The first-order chi connectivity index (χ1) is 16.7. The molecule has 0 saturated carbocycles. The summed E-state index contributed by atoms with van der Waals surface area (Å²) < 4.78 is 22.1. The van der Waals surface area contributed by atoms with Gasteiger partial charge in [0.1, 0.15) is 5.76 Å². The van der Waals surface area contributed by atoms with Crippen LogP contribution < -0.4 is 0 Å². The zero-order valence-electron chi connectivity index (χ0n) is 19.5. The van der Waals surface area contributed by atoms with E-state index in [2.05, 4.69) is 41.3 Å². The van der Waals surface area contributed by atoms with Gasteiger partial charge in [-0.15, -0.1) is 0 Å². The van der Waals surface area contributed by atoms with Gasteiger partial charge < -0.3 is 18.9 Å². The number of hydrogen-bond donors (Lipinski definition) is 0. The monoisotopic (exact) mass is 457 g/mol. The first-order valence-electron chi connectivity index (χ1n) is 11.2. The van der Waals surface area contributed by atoms with E-state index in [4.69, 9.17) is 18.9 Å². The van der Waals surface area contributed by atoms with Crippen LogP contribution in [0.5, 0.6) is 0 Å². The lowest BCUT2D eigenvalue weighted by molar-refractivity contribution is -0.148. The SMILES string of the molecule is COCOC1=C(OC)CN(C2(c3ccccc3)c3ccccc3-c3ccccc32)[C@@H]1C(=O)OC. The van der Waals surface area contributed by atoms with Gasteiger partial charge in [0, 0.05) is 7.11 Å². The van der Waals surface area contributed by atoms with Crippen molar-refractivity contribution in [3.8, 4) is 11.1 Å². The summed E-state index contributed by atoms with van der Waals surface area (Å²) in [6.07, 6.45) is 0. The lowest BCUT2D eigenvalue weighted by atomic mass is 9.78. The molecule has 174 valence electrons. The van der Waals surface area contributed by atoms with Crippen LogP contribution in [0.15, 0.2) is 90.4 Å². The summed E-state index contributed by atoms with van der Waals surface area (Å²) >= 11 is 0. The molecule has 0 amide bonds. The molecule has 2 aliphatic rings. The predicted octanol–water partition coefficient (Wildman–Crippen LogP) is 4.29. The summed E-state index contributed by atoms with van der Waals surface area (Å²) in [5.74, 6) is 0.563. The lowest BCUT2D eigenvalue weighted by Crippen LogP contribution is -2.53. The molecule has 1 atom stereocenters. The van der Waals surface area contributed by atoms with Crippen LogP contribution >= 0.6 is 0 Å². The van der Waals surface area contributed by atoms with Crippen LogP contribution in [-0.2, 0) is 29.3 Å². The standard InChI is InChI=1S/C28H27NO5/c1-31-18-34-26-24(32-2)17-29(25(26)27(30)33-3)28(19-11-5-4-6-12-19)22-15-9-7-13-20(22)21-14-8-10-16-23(21)28/h4-16,25H,17-18H2,1-3H3/t25-/m0/s1. The third-order valence-corrected chi connectivity index (χ3v) is 6.70. The van der Waals surface area contributed by atoms with E-state index in [0.717, 1.165) is 27.8 Å². The summed E-state index contributed by atoms with van der Waals surface area (Å²) in [7, 11) is 4.53. The van der Waals surface area contributed by atoms with Crippen molar-refractivity contribution in [1.82, 2.24) is 4.90 Å². The van der Waals surface area contributed by atoms with E-state index in [9.17, 15) is 4.79 Å². The molecule has 6 nitrogen and oxygen atoms in total. The Kier molecular flexibility index (Phi) is 5.86. The van der Waals surface area contributed by atoms with Gasteiger partial charge in [0.2, 0.25) is 0 Å². The molecule has 1 aliphatic carbocycles. The van der Waals surface area contributed by atoms with Crippen LogP contribution in [0.1, 0.15) is 16.7 Å². The molecule has 0 bridgehead atoms. The summed E-state index contributed by atoms with van der Waals surface area (Å²) in [5.41, 5.74) is 4.74. The number of nitrogens with zero attached hydrogens (tertiary/aromatic N) is 1. The molecule has 3 aromatic rings. The second-order valence-electron chi connectivity index (χ2n) is 8.26. The zero-order valence-corrected chi connectivity index (χ0v) is 19.5. The van der Waals surface area contributed by atoms with Gasteiger partial charge in [-0.2, -0.15) is 0 Å². The average Bonchev–Trinajstić information content (AvgIpc) is 3.41. The molecule has 0 unspecified atom stereocenters. The number of methoxy groups -OCH3 is 3. The van der Waals surface area contributed by atoms with Gasteiger partial charge in [-0.3, -0.25) is 4.90 Å². The van der Waals surface area contributed by atoms with Crippen LogP contribution in [0, 0.1) is 0 Å². The van der Waals surface area contributed by atoms with Gasteiger partial charge in [0.15, 0.2) is 18.6 Å². The van der Waals surface area contributed by atoms with Crippen molar-refractivity contribution in [1.29, 1.82) is 0 Å². The molecule has 3 aromatic carbocycles. The van der Waals surface area contributed by atoms with E-state index >= 15 is 0 Å². The molecule has 34 heavy (non-hydrogen) atoms. The number of carbonyl (C=O) groups excluding carboxylic acids is 1. The number of benzene rings is 3. The number of esters is 1. The number of hydrogen-bond acceptors (Lipinski definition) is 6. The van der Waals surface area contributed by atoms with Crippen molar-refractivity contribution in [2.75, 3.05) is 34.7 Å². The fourth-order valence-electron chi connectivity index (χ4n) is 5.40. The Bertz CT molecular complexity index is 1190. The van der Waals surface area contributed by atoms with Crippen LogP contribution in [-0.4, -0.2) is 51.6 Å². The van der Waals surface area contributed by atoms with Gasteiger partial charge in [0.25, 0.3) is 0 Å². The maximum absolute atomic E-state index is 13.3. The fourth-order valence-corrected chi connectivity index (χ4v) is 5.40. The van der Waals surface area contributed by atoms with Gasteiger partial charge in [-0.1, -0.05) is 78.9 Å². The molecular weight excluding hydrogens is 430 g/mol. The van der Waals surface area contributed by atoms with E-state index in [1.165, 1.54) is 7.11 Å². The molecule has 0 spiro atoms. The molecular formula is C28H27NO5. The van der Waals surface area contributed by atoms with Crippen molar-refractivity contribution in [3.05, 3.63) is 107 Å². The highest BCUT2D eigenvalue weighted by Gasteiger charge is 2.57. The minimum absolute atomic E-state index is 0.00492. The third kappa shape index (κ3) is 3.14. The van der Waals surface area contributed by atoms with Gasteiger partial charge in [-0.25, -0.2) is 4.79 Å². The van der Waals surface area contributed by atoms with Crippen LogP contribution in [0.2, 0.25) is 0 Å². The Morgan fingerprint density at radius 3 is 2.03 bits per heavy atom. The van der Waals surface area contributed by atoms with Crippen molar-refractivity contribution in [3.63, 3.8) is 0 Å². The average molecular weight is 458 g/mol. The van der Waals surface area contributed by atoms with Crippen LogP contribution in [0.25, 0.3) is 11.1 Å². The molecule has 0 aromatic heterocycles. The minimum Gasteiger partial charge on any atom is -0.496 e. The van der Waals surface area contributed by atoms with E-state index in [1.807, 2.05) is 42.5 Å². The number of carbonyl (C=O) groups is 1. The smallest absolute Gasteiger partial charge is 0.331 e. The zero-order chi connectivity index (χ0) is 23.7. The number of fused-ring (bicyclic) bond motifs is 3. The maximum Gasteiger partial charge on any atom is 0.331 e. The quantitative estimate of drug-likeness (QED) is 0.390. The van der Waals surface area contributed by atoms with E-state index in [-0.39, 0.29) is 6.79 Å². The van der Waals surface area contributed by atoms with E-state index < -0.39 is 17.6 Å². The molecule has 1 heterocycles. The Balaban J connectivity index is 1.82. The minimum atomic E-state index is -0.825. The van der Waals surface area contributed by atoms with Gasteiger partial charge in [-0.05, 0) is 27.8 Å². The highest BCUT2D eigenvalue weighted by atomic mass is 16.7. The van der Waals surface area contributed by atoms with E-state index in [1.54, 1.807) is 14.2 Å². The van der Waals surface area contributed by atoms with Crippen molar-refractivity contribution in [2.24, 2.45) is 0 Å². The van der Waals surface area contributed by atoms with Crippen molar-refractivity contribution >= 4 is 5.97 Å². The molecule has 0 N–H and O–H groups in total. The Hall–Kier alpha value is -3.61. The molecule has 5 rings (SSSR count). The molecule has 0 saturated heterocycles. The highest BCUT2D eigenvalue weighted by Crippen LogP contribution is 2.56. The number of rotatable bonds is 7. The van der Waals surface area contributed by atoms with Gasteiger partial charge in [0.05, 0.1) is 26.3 Å². The summed E-state index contributed by atoms with van der Waals surface area (Å²) in [6, 6.07) is 26.1. The fraction of sp³-hybridized carbons (Fsp3) is 0.250. The second kappa shape index (κ2) is 8.97. The number of ether oxygens (including phenoxy) is 4. The maximum atomic E-state index is 13.3. The molecule has 0 radical (unpaired) electrons. The van der Waals surface area contributed by atoms with Gasteiger partial charge >= 0.3 is 5.97 Å². The summed E-state index contributed by atoms with van der Waals surface area (Å²) in [5, 5.41) is 0. The normalized spacial score (nSPS) is 18.4. The Morgan fingerprint density at radius 2 is 1.47 bits per heavy atom. The summed E-state index contributed by atoms with van der Waals surface area (Å²) in [4.78, 5) is 15.5. The van der Waals surface area contributed by atoms with Crippen molar-refractivity contribution in [2.45, 2.75) is 11.6 Å². The van der Waals surface area contributed by atoms with E-state index in [0.29, 0.717) is 18.1 Å². The highest BCUT2D eigenvalue weighted by molar-refractivity contribution is 5.86. The lowest BCUT2D eigenvalue weighted by Gasteiger charge is -2.43. The molecule has 1 aliphatic heterocycles. The first-order valence-corrected chi connectivity index (χ1v) is 11.2. The summed E-state index contributed by atoms with van der Waals surface area (Å²) in [6.45, 7) is 0.349. The topological polar surface area (TPSA) is 57.2 Å². The molecule has 6 heteroatoms. The van der Waals surface area contributed by atoms with Crippen molar-refractivity contribution < 1.29 is 23.7 Å². The second-order valence-corrected chi connectivity index (χ2v) is 8.26.